The molecule has 0 spiro atoms. The highest BCUT2D eigenvalue weighted by atomic mass is 32.2. The second kappa shape index (κ2) is 7.39. The molecule has 0 aromatic carbocycles. The van der Waals surface area contributed by atoms with Gasteiger partial charge in [0.15, 0.2) is 0 Å². The van der Waals surface area contributed by atoms with E-state index >= 15 is 0 Å². The van der Waals surface area contributed by atoms with Crippen LogP contribution in [0.4, 0.5) is 0 Å². The van der Waals surface area contributed by atoms with Crippen LogP contribution < -0.4 is 5.32 Å². The lowest BCUT2D eigenvalue weighted by Gasteiger charge is -2.30. The van der Waals surface area contributed by atoms with Gasteiger partial charge in [-0.05, 0) is 26.3 Å². The van der Waals surface area contributed by atoms with E-state index in [1.165, 1.54) is 19.3 Å². The van der Waals surface area contributed by atoms with E-state index in [0.29, 0.717) is 11.8 Å². The number of piperidine rings is 1. The van der Waals surface area contributed by atoms with Gasteiger partial charge in [-0.3, -0.25) is 4.79 Å². The Morgan fingerprint density at radius 2 is 2.11 bits per heavy atom. The number of likely N-dealkylation sites (N-methyl/N-ethyl adjacent to an activating group) is 1. The largest absolute Gasteiger partial charge is 0.341 e. The number of rotatable bonds is 5. The zero-order valence-corrected chi connectivity index (χ0v) is 13.1. The quantitative estimate of drug-likeness (QED) is 0.834. The SMILES string of the molecule is CCN(CC1CCCCN1)C(=O)CSC(C)(C)C. The van der Waals surface area contributed by atoms with Crippen LogP contribution in [0.25, 0.3) is 0 Å². The van der Waals surface area contributed by atoms with E-state index in [2.05, 4.69) is 33.0 Å². The van der Waals surface area contributed by atoms with E-state index in [1.807, 2.05) is 4.90 Å². The van der Waals surface area contributed by atoms with Gasteiger partial charge in [-0.2, -0.15) is 0 Å². The van der Waals surface area contributed by atoms with E-state index in [9.17, 15) is 4.79 Å². The lowest BCUT2D eigenvalue weighted by Crippen LogP contribution is -2.46. The molecule has 1 aliphatic rings. The Morgan fingerprint density at radius 1 is 1.39 bits per heavy atom. The van der Waals surface area contributed by atoms with Crippen LogP contribution in [-0.2, 0) is 4.79 Å². The Hall–Kier alpha value is -0.220. The molecule has 18 heavy (non-hydrogen) atoms. The molecule has 1 atom stereocenters. The van der Waals surface area contributed by atoms with Crippen molar-refractivity contribution >= 4 is 17.7 Å². The van der Waals surface area contributed by atoms with Crippen LogP contribution in [0.1, 0.15) is 47.0 Å². The normalized spacial score (nSPS) is 20.8. The first kappa shape index (κ1) is 15.8. The molecular formula is C14H28N2OS. The molecule has 4 heteroatoms. The van der Waals surface area contributed by atoms with E-state index in [-0.39, 0.29) is 10.7 Å². The minimum absolute atomic E-state index is 0.165. The van der Waals surface area contributed by atoms with Crippen molar-refractivity contribution in [2.24, 2.45) is 0 Å². The zero-order valence-electron chi connectivity index (χ0n) is 12.3. The lowest BCUT2D eigenvalue weighted by atomic mass is 10.0. The van der Waals surface area contributed by atoms with Gasteiger partial charge >= 0.3 is 0 Å². The summed E-state index contributed by atoms with van der Waals surface area (Å²) in [6.07, 6.45) is 3.77. The maximum absolute atomic E-state index is 12.2. The minimum Gasteiger partial charge on any atom is -0.341 e. The number of hydrogen-bond acceptors (Lipinski definition) is 3. The average molecular weight is 272 g/mol. The summed E-state index contributed by atoms with van der Waals surface area (Å²) in [5.74, 6) is 0.883. The van der Waals surface area contributed by atoms with E-state index in [1.54, 1.807) is 11.8 Å². The molecule has 1 rings (SSSR count). The molecule has 3 nitrogen and oxygen atoms in total. The number of nitrogens with one attached hydrogen (secondary N) is 1. The highest BCUT2D eigenvalue weighted by Gasteiger charge is 2.21. The molecule has 1 aliphatic heterocycles. The first-order valence-corrected chi connectivity index (χ1v) is 8.06. The second-order valence-electron chi connectivity index (χ2n) is 5.98. The summed E-state index contributed by atoms with van der Waals surface area (Å²) >= 11 is 1.74. The molecule has 1 amide bonds. The van der Waals surface area contributed by atoms with Crippen molar-refractivity contribution in [1.29, 1.82) is 0 Å². The topological polar surface area (TPSA) is 32.3 Å². The number of nitrogens with zero attached hydrogens (tertiary/aromatic N) is 1. The van der Waals surface area contributed by atoms with Gasteiger partial charge in [0.1, 0.15) is 0 Å². The number of thioether (sulfide) groups is 1. The third-order valence-corrected chi connectivity index (χ3v) is 4.47. The molecule has 0 aromatic heterocycles. The molecular weight excluding hydrogens is 244 g/mol. The molecule has 1 saturated heterocycles. The van der Waals surface area contributed by atoms with Crippen LogP contribution in [0, 0.1) is 0 Å². The zero-order chi connectivity index (χ0) is 13.6. The third kappa shape index (κ3) is 6.10. The number of carbonyl (C=O) groups is 1. The van der Waals surface area contributed by atoms with Crippen LogP contribution in [0.5, 0.6) is 0 Å². The average Bonchev–Trinajstić information content (AvgIpc) is 2.33. The number of amides is 1. The summed E-state index contributed by atoms with van der Waals surface area (Å²) in [7, 11) is 0. The van der Waals surface area contributed by atoms with Crippen molar-refractivity contribution in [3.05, 3.63) is 0 Å². The minimum atomic E-state index is 0.165. The van der Waals surface area contributed by atoms with E-state index < -0.39 is 0 Å². The predicted octanol–water partition coefficient (Wildman–Crippen LogP) is 2.51. The van der Waals surface area contributed by atoms with Crippen LogP contribution in [0.3, 0.4) is 0 Å². The van der Waals surface area contributed by atoms with Crippen molar-refractivity contribution in [3.63, 3.8) is 0 Å². The standard InChI is InChI=1S/C14H28N2OS/c1-5-16(10-12-8-6-7-9-15-12)13(17)11-18-14(2,3)4/h12,15H,5-11H2,1-4H3. The Kier molecular flexibility index (Phi) is 6.50. The Morgan fingerprint density at radius 3 is 2.61 bits per heavy atom. The molecule has 0 saturated carbocycles. The highest BCUT2D eigenvalue weighted by Crippen LogP contribution is 2.23. The lowest BCUT2D eigenvalue weighted by molar-refractivity contribution is -0.128. The molecule has 0 bridgehead atoms. The van der Waals surface area contributed by atoms with Crippen molar-refractivity contribution in [2.45, 2.75) is 57.7 Å². The summed E-state index contributed by atoms with van der Waals surface area (Å²) < 4.78 is 0.165. The fourth-order valence-electron chi connectivity index (χ4n) is 2.12. The third-order valence-electron chi connectivity index (χ3n) is 3.22. The van der Waals surface area contributed by atoms with Crippen molar-refractivity contribution in [3.8, 4) is 0 Å². The molecule has 1 unspecified atom stereocenters. The smallest absolute Gasteiger partial charge is 0.232 e. The van der Waals surface area contributed by atoms with Crippen LogP contribution in [0.15, 0.2) is 0 Å². The molecule has 0 radical (unpaired) electrons. The Labute approximate surface area is 116 Å². The van der Waals surface area contributed by atoms with Crippen LogP contribution >= 0.6 is 11.8 Å². The first-order chi connectivity index (χ1) is 8.42. The fourth-order valence-corrected chi connectivity index (χ4v) is 2.86. The molecule has 1 heterocycles. The monoisotopic (exact) mass is 272 g/mol. The molecule has 106 valence electrons. The van der Waals surface area contributed by atoms with Crippen molar-refractivity contribution in [2.75, 3.05) is 25.4 Å². The van der Waals surface area contributed by atoms with Gasteiger partial charge in [0.25, 0.3) is 0 Å². The molecule has 1 N–H and O–H groups in total. The van der Waals surface area contributed by atoms with Gasteiger partial charge in [0, 0.05) is 23.9 Å². The maximum atomic E-state index is 12.2. The van der Waals surface area contributed by atoms with Crippen LogP contribution in [-0.4, -0.2) is 47.0 Å². The predicted molar refractivity (Wildman–Crippen MR) is 80.1 cm³/mol. The van der Waals surface area contributed by atoms with Crippen LogP contribution in [0.2, 0.25) is 0 Å². The highest BCUT2D eigenvalue weighted by molar-refractivity contribution is 8.01. The summed E-state index contributed by atoms with van der Waals surface area (Å²) in [5, 5.41) is 3.51. The molecule has 1 fully saturated rings. The Bertz CT molecular complexity index is 257. The van der Waals surface area contributed by atoms with E-state index in [0.717, 1.165) is 19.6 Å². The van der Waals surface area contributed by atoms with Gasteiger partial charge in [-0.1, -0.05) is 27.2 Å². The summed E-state index contributed by atoms with van der Waals surface area (Å²) in [6, 6.07) is 0.502. The summed E-state index contributed by atoms with van der Waals surface area (Å²) in [4.78, 5) is 14.2. The first-order valence-electron chi connectivity index (χ1n) is 7.07. The van der Waals surface area contributed by atoms with Gasteiger partial charge in [-0.15, -0.1) is 11.8 Å². The molecule has 0 aliphatic carbocycles. The number of hydrogen-bond donors (Lipinski definition) is 1. The van der Waals surface area contributed by atoms with Gasteiger partial charge in [0.2, 0.25) is 5.91 Å². The van der Waals surface area contributed by atoms with Crippen molar-refractivity contribution < 1.29 is 4.79 Å². The second-order valence-corrected chi connectivity index (χ2v) is 7.78. The fraction of sp³-hybridized carbons (Fsp3) is 0.929. The number of carbonyl (C=O) groups excluding carboxylic acids is 1. The molecule has 0 aromatic rings. The Balaban J connectivity index is 2.36. The van der Waals surface area contributed by atoms with E-state index in [4.69, 9.17) is 0 Å². The van der Waals surface area contributed by atoms with Gasteiger partial charge in [0.05, 0.1) is 5.75 Å². The summed E-state index contributed by atoms with van der Waals surface area (Å²) in [5.41, 5.74) is 0. The summed E-state index contributed by atoms with van der Waals surface area (Å²) in [6.45, 7) is 11.3. The van der Waals surface area contributed by atoms with Crippen molar-refractivity contribution in [1.82, 2.24) is 10.2 Å². The van der Waals surface area contributed by atoms with Gasteiger partial charge in [-0.25, -0.2) is 0 Å². The van der Waals surface area contributed by atoms with Gasteiger partial charge < -0.3 is 10.2 Å². The maximum Gasteiger partial charge on any atom is 0.232 e.